The first-order valence-corrected chi connectivity index (χ1v) is 5.34. The first kappa shape index (κ1) is 8.20. The summed E-state index contributed by atoms with van der Waals surface area (Å²) in [6.07, 6.45) is 1.57. The van der Waals surface area contributed by atoms with Crippen LogP contribution in [0.25, 0.3) is 0 Å². The van der Waals surface area contributed by atoms with Gasteiger partial charge in [0.25, 0.3) is 0 Å². The second kappa shape index (κ2) is 4.08. The fourth-order valence-electron chi connectivity index (χ4n) is 1.23. The molecule has 0 aliphatic carbocycles. The predicted octanol–water partition coefficient (Wildman–Crippen LogP) is -0.632. The Hall–Kier alpha value is 0.0969. The van der Waals surface area contributed by atoms with Crippen molar-refractivity contribution in [2.24, 2.45) is 0 Å². The number of hydrogen-bond donors (Lipinski definition) is 2. The van der Waals surface area contributed by atoms with Gasteiger partial charge in [0.15, 0.2) is 16.1 Å². The topological polar surface area (TPSA) is 49.7 Å². The Kier molecular flexibility index (Phi) is 3.34. The van der Waals surface area contributed by atoms with Gasteiger partial charge in [0.05, 0.1) is 0 Å². The van der Waals surface area contributed by atoms with E-state index in [-0.39, 0.29) is 15.9 Å². The van der Waals surface area contributed by atoms with Crippen LogP contribution in [0.1, 0.15) is 19.3 Å². The van der Waals surface area contributed by atoms with Crippen LogP contribution >= 0.6 is 0 Å². The lowest BCUT2D eigenvalue weighted by atomic mass is 10.1. The molecule has 1 atom stereocenters. The second-order valence-electron chi connectivity index (χ2n) is 2.70. The van der Waals surface area contributed by atoms with Gasteiger partial charge in [-0.05, 0) is 12.5 Å². The van der Waals surface area contributed by atoms with Crippen LogP contribution < -0.4 is 0 Å². The van der Waals surface area contributed by atoms with E-state index in [2.05, 4.69) is 0 Å². The zero-order chi connectivity index (χ0) is 7.40. The fourth-order valence-corrected chi connectivity index (χ4v) is 2.52. The van der Waals surface area contributed by atoms with E-state index in [1.54, 1.807) is 0 Å². The Morgan fingerprint density at radius 2 is 2.40 bits per heavy atom. The SMILES string of the molecule is OC(O)CC1CCC[SiH2]O1. The highest BCUT2D eigenvalue weighted by molar-refractivity contribution is 6.27. The number of aliphatic hydroxyl groups is 2. The van der Waals surface area contributed by atoms with Gasteiger partial charge in [-0.25, -0.2) is 0 Å². The molecule has 0 bridgehead atoms. The zero-order valence-electron chi connectivity index (χ0n) is 5.99. The van der Waals surface area contributed by atoms with E-state index >= 15 is 0 Å². The van der Waals surface area contributed by atoms with Crippen molar-refractivity contribution in [3.8, 4) is 0 Å². The monoisotopic (exact) mass is 162 g/mol. The summed E-state index contributed by atoms with van der Waals surface area (Å²) in [7, 11) is -0.304. The minimum absolute atomic E-state index is 0.139. The maximum absolute atomic E-state index is 8.60. The lowest BCUT2D eigenvalue weighted by molar-refractivity contribution is -0.0679. The molecule has 0 aromatic carbocycles. The molecule has 10 heavy (non-hydrogen) atoms. The summed E-state index contributed by atoms with van der Waals surface area (Å²) in [5.41, 5.74) is 0. The van der Waals surface area contributed by atoms with Crippen molar-refractivity contribution in [2.45, 2.75) is 37.7 Å². The van der Waals surface area contributed by atoms with E-state index in [1.165, 1.54) is 12.5 Å². The molecule has 0 aromatic heterocycles. The van der Waals surface area contributed by atoms with Gasteiger partial charge in [-0.2, -0.15) is 0 Å². The van der Waals surface area contributed by atoms with Gasteiger partial charge >= 0.3 is 0 Å². The van der Waals surface area contributed by atoms with Crippen molar-refractivity contribution < 1.29 is 14.6 Å². The molecule has 0 amide bonds. The zero-order valence-corrected chi connectivity index (χ0v) is 7.41. The molecule has 1 aliphatic rings. The van der Waals surface area contributed by atoms with Gasteiger partial charge in [-0.15, -0.1) is 0 Å². The van der Waals surface area contributed by atoms with Gasteiger partial charge in [-0.3, -0.25) is 0 Å². The highest BCUT2D eigenvalue weighted by atomic mass is 28.2. The average Bonchev–Trinajstić information content (AvgIpc) is 1.88. The Morgan fingerprint density at radius 1 is 1.60 bits per heavy atom. The largest absolute Gasteiger partial charge is 0.421 e. The van der Waals surface area contributed by atoms with E-state index in [0.29, 0.717) is 6.42 Å². The normalized spacial score (nSPS) is 29.7. The molecular formula is C6H14O3Si. The molecule has 0 saturated carbocycles. The molecule has 1 aliphatic heterocycles. The molecular weight excluding hydrogens is 148 g/mol. The first-order valence-electron chi connectivity index (χ1n) is 3.77. The Balaban J connectivity index is 2.13. The van der Waals surface area contributed by atoms with Crippen molar-refractivity contribution >= 4 is 9.76 Å². The van der Waals surface area contributed by atoms with E-state index < -0.39 is 6.29 Å². The van der Waals surface area contributed by atoms with Crippen LogP contribution in [0, 0.1) is 0 Å². The highest BCUT2D eigenvalue weighted by Crippen LogP contribution is 2.15. The number of hydrogen-bond acceptors (Lipinski definition) is 3. The highest BCUT2D eigenvalue weighted by Gasteiger charge is 2.15. The summed E-state index contributed by atoms with van der Waals surface area (Å²) >= 11 is 0. The summed E-state index contributed by atoms with van der Waals surface area (Å²) < 4.78 is 5.41. The minimum Gasteiger partial charge on any atom is -0.421 e. The summed E-state index contributed by atoms with van der Waals surface area (Å²) in [4.78, 5) is 0. The van der Waals surface area contributed by atoms with Gasteiger partial charge < -0.3 is 14.6 Å². The molecule has 0 aromatic rings. The molecule has 1 rings (SSSR count). The first-order chi connectivity index (χ1) is 4.79. The molecule has 3 nitrogen and oxygen atoms in total. The van der Waals surface area contributed by atoms with Crippen molar-refractivity contribution in [3.63, 3.8) is 0 Å². The molecule has 4 heteroatoms. The smallest absolute Gasteiger partial charge is 0.161 e. The summed E-state index contributed by atoms with van der Waals surface area (Å²) in [6.45, 7) is 0. The molecule has 2 N–H and O–H groups in total. The average molecular weight is 162 g/mol. The van der Waals surface area contributed by atoms with E-state index in [4.69, 9.17) is 14.6 Å². The maximum atomic E-state index is 8.60. The molecule has 0 spiro atoms. The second-order valence-corrected chi connectivity index (χ2v) is 4.15. The van der Waals surface area contributed by atoms with Crippen LogP contribution in [0.5, 0.6) is 0 Å². The third-order valence-corrected chi connectivity index (χ3v) is 3.24. The molecule has 0 radical (unpaired) electrons. The summed E-state index contributed by atoms with van der Waals surface area (Å²) in [6, 6.07) is 1.25. The van der Waals surface area contributed by atoms with Crippen molar-refractivity contribution in [1.29, 1.82) is 0 Å². The van der Waals surface area contributed by atoms with Crippen molar-refractivity contribution in [3.05, 3.63) is 0 Å². The van der Waals surface area contributed by atoms with Crippen LogP contribution in [0.15, 0.2) is 0 Å². The lowest BCUT2D eigenvalue weighted by Crippen LogP contribution is -2.25. The van der Waals surface area contributed by atoms with Crippen LogP contribution in [-0.2, 0) is 4.43 Å². The maximum Gasteiger partial charge on any atom is 0.161 e. The Morgan fingerprint density at radius 3 is 2.90 bits per heavy atom. The molecule has 1 saturated heterocycles. The predicted molar refractivity (Wildman–Crippen MR) is 40.3 cm³/mol. The summed E-state index contributed by atoms with van der Waals surface area (Å²) in [5, 5.41) is 17.2. The summed E-state index contributed by atoms with van der Waals surface area (Å²) in [5.74, 6) is 0. The third-order valence-electron chi connectivity index (χ3n) is 1.75. The molecule has 1 unspecified atom stereocenters. The van der Waals surface area contributed by atoms with Gasteiger partial charge in [0.1, 0.15) is 0 Å². The molecule has 60 valence electrons. The Labute approximate surface area is 63.0 Å². The van der Waals surface area contributed by atoms with Crippen molar-refractivity contribution in [1.82, 2.24) is 0 Å². The number of rotatable bonds is 2. The lowest BCUT2D eigenvalue weighted by Gasteiger charge is -2.22. The molecule has 1 heterocycles. The van der Waals surface area contributed by atoms with E-state index in [1.807, 2.05) is 0 Å². The van der Waals surface area contributed by atoms with Crippen molar-refractivity contribution in [2.75, 3.05) is 0 Å². The standard InChI is InChI=1S/C6H14O3Si/c7-6(8)4-5-2-1-3-10-9-5/h5-8H,1-4,10H2. The fraction of sp³-hybridized carbons (Fsp3) is 1.00. The third kappa shape index (κ3) is 2.79. The van der Waals surface area contributed by atoms with Gasteiger partial charge in [0.2, 0.25) is 0 Å². The van der Waals surface area contributed by atoms with E-state index in [0.717, 1.165) is 6.42 Å². The van der Waals surface area contributed by atoms with E-state index in [9.17, 15) is 0 Å². The van der Waals surface area contributed by atoms with Gasteiger partial charge in [-0.1, -0.05) is 6.42 Å². The van der Waals surface area contributed by atoms with Crippen LogP contribution in [0.4, 0.5) is 0 Å². The van der Waals surface area contributed by atoms with Gasteiger partial charge in [0, 0.05) is 12.5 Å². The minimum atomic E-state index is -1.18. The van der Waals surface area contributed by atoms with Crippen LogP contribution in [0.3, 0.4) is 0 Å². The molecule has 1 fully saturated rings. The van der Waals surface area contributed by atoms with Crippen LogP contribution in [0.2, 0.25) is 6.04 Å². The van der Waals surface area contributed by atoms with Crippen LogP contribution in [-0.4, -0.2) is 32.4 Å². The Bertz CT molecular complexity index is 91.0. The number of aliphatic hydroxyl groups excluding tert-OH is 1. The quantitative estimate of drug-likeness (QED) is 0.420.